The lowest BCUT2D eigenvalue weighted by Gasteiger charge is -2.10. The first-order chi connectivity index (χ1) is 15.2. The summed E-state index contributed by atoms with van der Waals surface area (Å²) in [6, 6.07) is 11.8. The number of hydrogen-bond donors (Lipinski definition) is 0. The molecule has 2 heterocycles. The second-order valence-electron chi connectivity index (χ2n) is 7.56. The Labute approximate surface area is 181 Å². The highest BCUT2D eigenvalue weighted by Crippen LogP contribution is 2.19. The van der Waals surface area contributed by atoms with Gasteiger partial charge in [-0.15, -0.1) is 0 Å². The molecule has 0 aliphatic rings. The van der Waals surface area contributed by atoms with E-state index >= 15 is 0 Å². The summed E-state index contributed by atoms with van der Waals surface area (Å²) in [5.74, 6) is -0.595. The van der Waals surface area contributed by atoms with Crippen LogP contribution in [0, 0.1) is 29.8 Å². The highest BCUT2D eigenvalue weighted by atomic mass is 19.1. The SMILES string of the molecule is Cc1cc(C(=O)Cn2cnc3ccc([N+](=O)[O-])cc3c2=O)c(C)n1Cc1ccc(F)cc1. The summed E-state index contributed by atoms with van der Waals surface area (Å²) in [6.45, 7) is 3.92. The molecule has 0 atom stereocenters. The Bertz CT molecular complexity index is 1420. The second-order valence-corrected chi connectivity index (χ2v) is 7.56. The Hall–Kier alpha value is -4.14. The van der Waals surface area contributed by atoms with Crippen molar-refractivity contribution in [3.63, 3.8) is 0 Å². The molecule has 0 radical (unpaired) electrons. The van der Waals surface area contributed by atoms with Crippen LogP contribution in [-0.2, 0) is 13.1 Å². The number of rotatable bonds is 6. The Kier molecular flexibility index (Phi) is 5.40. The van der Waals surface area contributed by atoms with Gasteiger partial charge in [0, 0.05) is 35.6 Å². The number of nitrogens with zero attached hydrogens (tertiary/aromatic N) is 4. The molecule has 0 fully saturated rings. The van der Waals surface area contributed by atoms with E-state index in [0.29, 0.717) is 17.6 Å². The van der Waals surface area contributed by atoms with Gasteiger partial charge in [-0.05, 0) is 43.7 Å². The van der Waals surface area contributed by atoms with Crippen molar-refractivity contribution >= 4 is 22.4 Å². The zero-order chi connectivity index (χ0) is 23.0. The molecule has 0 saturated carbocycles. The van der Waals surface area contributed by atoms with Crippen LogP contribution in [-0.4, -0.2) is 24.8 Å². The van der Waals surface area contributed by atoms with E-state index in [-0.39, 0.29) is 29.2 Å². The van der Waals surface area contributed by atoms with Gasteiger partial charge in [0.05, 0.1) is 28.7 Å². The normalized spacial score (nSPS) is 11.1. The Balaban J connectivity index is 1.63. The highest BCUT2D eigenvalue weighted by molar-refractivity contribution is 5.97. The quantitative estimate of drug-likeness (QED) is 0.261. The monoisotopic (exact) mass is 434 g/mol. The van der Waals surface area contributed by atoms with Crippen molar-refractivity contribution in [2.75, 3.05) is 0 Å². The van der Waals surface area contributed by atoms with Crippen LogP contribution in [0.25, 0.3) is 10.9 Å². The van der Waals surface area contributed by atoms with Crippen LogP contribution in [0.3, 0.4) is 0 Å². The fraction of sp³-hybridized carbons (Fsp3) is 0.174. The maximum absolute atomic E-state index is 13.2. The number of halogens is 1. The molecule has 0 spiro atoms. The number of carbonyl (C=O) groups is 1. The number of Topliss-reactive ketones (excluding diaryl/α,β-unsaturated/α-hetero) is 1. The molecule has 0 N–H and O–H groups in total. The van der Waals surface area contributed by atoms with Gasteiger partial charge in [-0.2, -0.15) is 0 Å². The summed E-state index contributed by atoms with van der Waals surface area (Å²) < 4.78 is 16.3. The molecular weight excluding hydrogens is 415 g/mol. The summed E-state index contributed by atoms with van der Waals surface area (Å²) >= 11 is 0. The van der Waals surface area contributed by atoms with E-state index in [1.54, 1.807) is 18.2 Å². The van der Waals surface area contributed by atoms with Gasteiger partial charge in [-0.25, -0.2) is 9.37 Å². The fourth-order valence-corrected chi connectivity index (χ4v) is 3.71. The van der Waals surface area contributed by atoms with Crippen molar-refractivity contribution in [1.29, 1.82) is 0 Å². The lowest BCUT2D eigenvalue weighted by atomic mass is 10.1. The number of hydrogen-bond acceptors (Lipinski definition) is 5. The van der Waals surface area contributed by atoms with Crippen molar-refractivity contribution in [3.05, 3.63) is 104 Å². The summed E-state index contributed by atoms with van der Waals surface area (Å²) in [7, 11) is 0. The van der Waals surface area contributed by atoms with Crippen molar-refractivity contribution in [3.8, 4) is 0 Å². The zero-order valence-corrected chi connectivity index (χ0v) is 17.4. The molecular formula is C23H19FN4O4. The molecule has 0 unspecified atom stereocenters. The van der Waals surface area contributed by atoms with E-state index in [4.69, 9.17) is 0 Å². The van der Waals surface area contributed by atoms with Crippen molar-refractivity contribution in [2.24, 2.45) is 0 Å². The maximum Gasteiger partial charge on any atom is 0.270 e. The summed E-state index contributed by atoms with van der Waals surface area (Å²) in [6.07, 6.45) is 1.27. The Morgan fingerprint density at radius 3 is 2.53 bits per heavy atom. The molecule has 2 aromatic heterocycles. The molecule has 4 rings (SSSR count). The van der Waals surface area contributed by atoms with E-state index in [1.165, 1.54) is 36.7 Å². The highest BCUT2D eigenvalue weighted by Gasteiger charge is 2.18. The lowest BCUT2D eigenvalue weighted by Crippen LogP contribution is -2.25. The van der Waals surface area contributed by atoms with E-state index < -0.39 is 10.5 Å². The predicted molar refractivity (Wildman–Crippen MR) is 116 cm³/mol. The molecule has 32 heavy (non-hydrogen) atoms. The molecule has 4 aromatic rings. The van der Waals surface area contributed by atoms with Gasteiger partial charge in [0.25, 0.3) is 11.2 Å². The smallest absolute Gasteiger partial charge is 0.270 e. The predicted octanol–water partition coefficient (Wildman–Crippen LogP) is 3.79. The summed E-state index contributed by atoms with van der Waals surface area (Å²) in [4.78, 5) is 40.4. The third-order valence-electron chi connectivity index (χ3n) is 5.46. The molecule has 0 amide bonds. The van der Waals surface area contributed by atoms with Crippen LogP contribution < -0.4 is 5.56 Å². The molecule has 8 nitrogen and oxygen atoms in total. The molecule has 0 bridgehead atoms. The summed E-state index contributed by atoms with van der Waals surface area (Å²) in [5.41, 5.74) is 2.53. The molecule has 0 aliphatic heterocycles. The number of non-ortho nitro benzene ring substituents is 1. The van der Waals surface area contributed by atoms with Crippen LogP contribution >= 0.6 is 0 Å². The van der Waals surface area contributed by atoms with E-state index in [2.05, 4.69) is 4.98 Å². The molecule has 9 heteroatoms. The van der Waals surface area contributed by atoms with Gasteiger partial charge in [0.15, 0.2) is 5.78 Å². The largest absolute Gasteiger partial charge is 0.344 e. The number of aryl methyl sites for hydroxylation is 1. The molecule has 0 aliphatic carbocycles. The van der Waals surface area contributed by atoms with Crippen molar-refractivity contribution in [1.82, 2.24) is 14.1 Å². The fourth-order valence-electron chi connectivity index (χ4n) is 3.71. The van der Waals surface area contributed by atoms with Gasteiger partial charge < -0.3 is 4.57 Å². The van der Waals surface area contributed by atoms with Crippen molar-refractivity contribution < 1.29 is 14.1 Å². The van der Waals surface area contributed by atoms with Crippen LogP contribution in [0.4, 0.5) is 10.1 Å². The van der Waals surface area contributed by atoms with Gasteiger partial charge in [0.2, 0.25) is 0 Å². The van der Waals surface area contributed by atoms with Crippen LogP contribution in [0.1, 0.15) is 27.3 Å². The number of nitro groups is 1. The summed E-state index contributed by atoms with van der Waals surface area (Å²) in [5, 5.41) is 11.1. The van der Waals surface area contributed by atoms with Crippen molar-refractivity contribution in [2.45, 2.75) is 26.9 Å². The number of nitro benzene ring substituents is 1. The minimum atomic E-state index is -0.586. The third-order valence-corrected chi connectivity index (χ3v) is 5.46. The molecule has 0 saturated heterocycles. The van der Waals surface area contributed by atoms with Crippen LogP contribution in [0.2, 0.25) is 0 Å². The molecule has 2 aromatic carbocycles. The van der Waals surface area contributed by atoms with Crippen LogP contribution in [0.5, 0.6) is 0 Å². The average Bonchev–Trinajstić information content (AvgIpc) is 3.05. The standard InChI is InChI=1S/C23H19FN4O4/c1-14-9-19(15(2)27(14)11-16-3-5-17(24)6-4-16)22(29)12-26-13-25-21-8-7-18(28(31)32)10-20(21)23(26)30/h3-10,13H,11-12H2,1-2H3. The number of carbonyl (C=O) groups excluding carboxylic acids is 1. The third kappa shape index (κ3) is 3.92. The van der Waals surface area contributed by atoms with Gasteiger partial charge in [-0.3, -0.25) is 24.3 Å². The van der Waals surface area contributed by atoms with Gasteiger partial charge in [-0.1, -0.05) is 12.1 Å². The first-order valence-electron chi connectivity index (χ1n) is 9.82. The van der Waals surface area contributed by atoms with Crippen LogP contribution in [0.15, 0.2) is 59.7 Å². The van der Waals surface area contributed by atoms with Gasteiger partial charge >= 0.3 is 0 Å². The Morgan fingerprint density at radius 1 is 1.12 bits per heavy atom. The Morgan fingerprint density at radius 2 is 1.84 bits per heavy atom. The minimum absolute atomic E-state index is 0.0799. The van der Waals surface area contributed by atoms with E-state index in [9.17, 15) is 24.1 Å². The maximum atomic E-state index is 13.2. The van der Waals surface area contributed by atoms with E-state index in [1.807, 2.05) is 18.4 Å². The first kappa shape index (κ1) is 21.1. The second kappa shape index (κ2) is 8.18. The van der Waals surface area contributed by atoms with Gasteiger partial charge in [0.1, 0.15) is 5.82 Å². The lowest BCUT2D eigenvalue weighted by molar-refractivity contribution is -0.384. The minimum Gasteiger partial charge on any atom is -0.344 e. The average molecular weight is 434 g/mol. The zero-order valence-electron chi connectivity index (χ0n) is 17.4. The number of aromatic nitrogens is 3. The molecule has 162 valence electrons. The van der Waals surface area contributed by atoms with E-state index in [0.717, 1.165) is 21.5 Å². The number of benzene rings is 2. The number of ketones is 1. The topological polar surface area (TPSA) is 100 Å². The number of fused-ring (bicyclic) bond motifs is 1. The first-order valence-corrected chi connectivity index (χ1v) is 9.82.